The average molecular weight is 287 g/mol. The zero-order chi connectivity index (χ0) is 14.8. The Morgan fingerprint density at radius 3 is 3.00 bits per heavy atom. The summed E-state index contributed by atoms with van der Waals surface area (Å²) in [5.41, 5.74) is 9.94. The van der Waals surface area contributed by atoms with Crippen LogP contribution in [0.2, 0.25) is 0 Å². The van der Waals surface area contributed by atoms with Gasteiger partial charge in [0.1, 0.15) is 0 Å². The van der Waals surface area contributed by atoms with Crippen molar-refractivity contribution in [3.8, 4) is 0 Å². The molecule has 2 unspecified atom stereocenters. The number of nitrogens with one attached hydrogen (secondary N) is 2. The van der Waals surface area contributed by atoms with Crippen molar-refractivity contribution in [1.82, 2.24) is 0 Å². The maximum atomic E-state index is 11.5. The number of aryl methyl sites for hydroxylation is 1. The van der Waals surface area contributed by atoms with E-state index in [2.05, 4.69) is 17.6 Å². The molecule has 4 nitrogen and oxygen atoms in total. The predicted molar refractivity (Wildman–Crippen MR) is 87.4 cm³/mol. The minimum absolute atomic E-state index is 0.0966. The van der Waals surface area contributed by atoms with Crippen LogP contribution < -0.4 is 16.4 Å². The Bertz CT molecular complexity index is 541. The number of hydrogen-bond acceptors (Lipinski definition) is 3. The van der Waals surface area contributed by atoms with E-state index in [1.54, 1.807) is 0 Å². The lowest BCUT2D eigenvalue weighted by atomic mass is 9.82. The van der Waals surface area contributed by atoms with Crippen molar-refractivity contribution < 1.29 is 4.79 Å². The number of hydrogen-bond donors (Lipinski definition) is 3. The SMILES string of the molecule is CC1CCCC(CNc2cc3c(cc2N)CCC(=O)N3)C1. The first-order chi connectivity index (χ1) is 10.1. The van der Waals surface area contributed by atoms with Gasteiger partial charge in [-0.25, -0.2) is 0 Å². The molecule has 114 valence electrons. The Labute approximate surface area is 126 Å². The minimum atomic E-state index is 0.0966. The van der Waals surface area contributed by atoms with Gasteiger partial charge >= 0.3 is 0 Å². The van der Waals surface area contributed by atoms with Gasteiger partial charge in [0.2, 0.25) is 5.91 Å². The Kier molecular flexibility index (Phi) is 4.04. The second kappa shape index (κ2) is 5.96. The van der Waals surface area contributed by atoms with Crippen LogP contribution in [0.4, 0.5) is 17.1 Å². The van der Waals surface area contributed by atoms with E-state index in [1.165, 1.54) is 25.7 Å². The van der Waals surface area contributed by atoms with E-state index < -0.39 is 0 Å². The van der Waals surface area contributed by atoms with Crippen molar-refractivity contribution in [2.45, 2.75) is 45.4 Å². The van der Waals surface area contributed by atoms with Crippen molar-refractivity contribution in [2.24, 2.45) is 11.8 Å². The van der Waals surface area contributed by atoms with Gasteiger partial charge in [-0.3, -0.25) is 4.79 Å². The molecule has 4 N–H and O–H groups in total. The first kappa shape index (κ1) is 14.2. The molecule has 0 radical (unpaired) electrons. The third-order valence-electron chi connectivity index (χ3n) is 4.80. The second-order valence-corrected chi connectivity index (χ2v) is 6.66. The van der Waals surface area contributed by atoms with Crippen LogP contribution in [0.5, 0.6) is 0 Å². The molecule has 0 aromatic heterocycles. The number of nitrogens with two attached hydrogens (primary N) is 1. The first-order valence-corrected chi connectivity index (χ1v) is 8.08. The number of carbonyl (C=O) groups excluding carboxylic acids is 1. The lowest BCUT2D eigenvalue weighted by molar-refractivity contribution is -0.116. The molecule has 1 aliphatic carbocycles. The Balaban J connectivity index is 1.67. The number of carbonyl (C=O) groups is 1. The van der Waals surface area contributed by atoms with Crippen LogP contribution in [0.3, 0.4) is 0 Å². The standard InChI is InChI=1S/C17H25N3O/c1-11-3-2-4-12(7-11)10-19-16-9-15-13(8-14(16)18)5-6-17(21)20-15/h8-9,11-12,19H,2-7,10,18H2,1H3,(H,20,21). The monoisotopic (exact) mass is 287 g/mol. The minimum Gasteiger partial charge on any atom is -0.397 e. The van der Waals surface area contributed by atoms with E-state index in [4.69, 9.17) is 5.73 Å². The molecule has 1 saturated carbocycles. The lowest BCUT2D eigenvalue weighted by Crippen LogP contribution is -2.22. The summed E-state index contributed by atoms with van der Waals surface area (Å²) < 4.78 is 0. The number of nitrogen functional groups attached to an aromatic ring is 1. The molecule has 1 amide bonds. The predicted octanol–water partition coefficient (Wildman–Crippen LogP) is 3.39. The number of fused-ring (bicyclic) bond motifs is 1. The van der Waals surface area contributed by atoms with Crippen molar-refractivity contribution in [3.05, 3.63) is 17.7 Å². The molecule has 2 aliphatic rings. The van der Waals surface area contributed by atoms with Gasteiger partial charge in [-0.2, -0.15) is 0 Å². The molecule has 1 aliphatic heterocycles. The highest BCUT2D eigenvalue weighted by Crippen LogP contribution is 2.33. The third kappa shape index (κ3) is 3.31. The van der Waals surface area contributed by atoms with Crippen LogP contribution >= 0.6 is 0 Å². The molecular formula is C17H25N3O. The summed E-state index contributed by atoms with van der Waals surface area (Å²) in [7, 11) is 0. The zero-order valence-corrected chi connectivity index (χ0v) is 12.7. The number of benzene rings is 1. The highest BCUT2D eigenvalue weighted by Gasteiger charge is 2.20. The average Bonchev–Trinajstić information content (AvgIpc) is 2.45. The maximum absolute atomic E-state index is 11.5. The van der Waals surface area contributed by atoms with Crippen LogP contribution in [-0.4, -0.2) is 12.5 Å². The molecule has 0 saturated heterocycles. The molecule has 3 rings (SSSR count). The summed E-state index contributed by atoms with van der Waals surface area (Å²) in [6.07, 6.45) is 6.64. The largest absolute Gasteiger partial charge is 0.397 e. The molecule has 0 bridgehead atoms. The number of amides is 1. The number of rotatable bonds is 3. The van der Waals surface area contributed by atoms with Crippen molar-refractivity contribution in [2.75, 3.05) is 22.9 Å². The Morgan fingerprint density at radius 2 is 2.19 bits per heavy atom. The molecule has 2 atom stereocenters. The summed E-state index contributed by atoms with van der Waals surface area (Å²) in [6, 6.07) is 3.99. The molecule has 1 heterocycles. The van der Waals surface area contributed by atoms with E-state index in [-0.39, 0.29) is 5.91 Å². The van der Waals surface area contributed by atoms with Gasteiger partial charge in [0.05, 0.1) is 11.4 Å². The van der Waals surface area contributed by atoms with Gasteiger partial charge in [0, 0.05) is 18.7 Å². The highest BCUT2D eigenvalue weighted by molar-refractivity contribution is 5.95. The molecule has 1 fully saturated rings. The van der Waals surface area contributed by atoms with Crippen molar-refractivity contribution in [3.63, 3.8) is 0 Å². The van der Waals surface area contributed by atoms with Gasteiger partial charge in [-0.1, -0.05) is 19.8 Å². The van der Waals surface area contributed by atoms with Crippen molar-refractivity contribution in [1.29, 1.82) is 0 Å². The fraction of sp³-hybridized carbons (Fsp3) is 0.588. The molecular weight excluding hydrogens is 262 g/mol. The topological polar surface area (TPSA) is 67.1 Å². The lowest BCUT2D eigenvalue weighted by Gasteiger charge is -2.27. The summed E-state index contributed by atoms with van der Waals surface area (Å²) in [5.74, 6) is 1.67. The van der Waals surface area contributed by atoms with Gasteiger partial charge < -0.3 is 16.4 Å². The second-order valence-electron chi connectivity index (χ2n) is 6.66. The van der Waals surface area contributed by atoms with E-state index in [0.29, 0.717) is 6.42 Å². The fourth-order valence-electron chi connectivity index (χ4n) is 3.60. The summed E-state index contributed by atoms with van der Waals surface area (Å²) in [4.78, 5) is 11.5. The molecule has 1 aromatic carbocycles. The van der Waals surface area contributed by atoms with Gasteiger partial charge in [-0.05, 0) is 48.8 Å². The Hall–Kier alpha value is -1.71. The summed E-state index contributed by atoms with van der Waals surface area (Å²) in [5, 5.41) is 6.43. The number of anilines is 3. The maximum Gasteiger partial charge on any atom is 0.224 e. The zero-order valence-electron chi connectivity index (χ0n) is 12.7. The highest BCUT2D eigenvalue weighted by atomic mass is 16.1. The van der Waals surface area contributed by atoms with Crippen LogP contribution in [0.25, 0.3) is 0 Å². The van der Waals surface area contributed by atoms with Crippen LogP contribution in [0.1, 0.15) is 44.6 Å². The van der Waals surface area contributed by atoms with E-state index in [1.807, 2.05) is 12.1 Å². The smallest absolute Gasteiger partial charge is 0.224 e. The van der Waals surface area contributed by atoms with Crippen LogP contribution in [0, 0.1) is 11.8 Å². The molecule has 21 heavy (non-hydrogen) atoms. The molecule has 4 heteroatoms. The quantitative estimate of drug-likeness (QED) is 0.746. The van der Waals surface area contributed by atoms with Gasteiger partial charge in [0.25, 0.3) is 0 Å². The molecule has 1 aromatic rings. The van der Waals surface area contributed by atoms with Gasteiger partial charge in [0.15, 0.2) is 0 Å². The van der Waals surface area contributed by atoms with Crippen LogP contribution in [0.15, 0.2) is 12.1 Å². The third-order valence-corrected chi connectivity index (χ3v) is 4.80. The Morgan fingerprint density at radius 1 is 1.33 bits per heavy atom. The summed E-state index contributed by atoms with van der Waals surface area (Å²) >= 11 is 0. The van der Waals surface area contributed by atoms with E-state index >= 15 is 0 Å². The van der Waals surface area contributed by atoms with E-state index in [0.717, 1.165) is 47.4 Å². The first-order valence-electron chi connectivity index (χ1n) is 8.08. The normalized spacial score (nSPS) is 25.1. The molecule has 0 spiro atoms. The van der Waals surface area contributed by atoms with Gasteiger partial charge in [-0.15, -0.1) is 0 Å². The van der Waals surface area contributed by atoms with E-state index in [9.17, 15) is 4.79 Å². The van der Waals surface area contributed by atoms with Crippen molar-refractivity contribution >= 4 is 23.0 Å². The van der Waals surface area contributed by atoms with Crippen LogP contribution in [-0.2, 0) is 11.2 Å². The summed E-state index contributed by atoms with van der Waals surface area (Å²) in [6.45, 7) is 3.32. The fourth-order valence-corrected chi connectivity index (χ4v) is 3.60.